The fourth-order valence-corrected chi connectivity index (χ4v) is 3.78. The molecule has 0 spiro atoms. The lowest BCUT2D eigenvalue weighted by atomic mass is 9.97. The van der Waals surface area contributed by atoms with Crippen LogP contribution in [-0.2, 0) is 9.47 Å². The molecule has 0 saturated carbocycles. The summed E-state index contributed by atoms with van der Waals surface area (Å²) in [5.74, 6) is -0.392. The summed E-state index contributed by atoms with van der Waals surface area (Å²) in [6.45, 7) is 0.842. The van der Waals surface area contributed by atoms with E-state index in [0.29, 0.717) is 5.56 Å². The van der Waals surface area contributed by atoms with Gasteiger partial charge in [-0.3, -0.25) is 4.09 Å². The second-order valence-corrected chi connectivity index (χ2v) is 6.92. The number of ether oxygens (including phenoxy) is 2. The Balaban J connectivity index is 1.69. The molecule has 1 atom stereocenters. The molecule has 26 heavy (non-hydrogen) atoms. The molecule has 0 bridgehead atoms. The normalized spacial score (nSPS) is 17.4. The number of esters is 1. The first-order valence-electron chi connectivity index (χ1n) is 8.79. The highest BCUT2D eigenvalue weighted by Gasteiger charge is 2.17. The van der Waals surface area contributed by atoms with Gasteiger partial charge in [0.25, 0.3) is 0 Å². The van der Waals surface area contributed by atoms with E-state index in [9.17, 15) is 4.79 Å². The van der Waals surface area contributed by atoms with Gasteiger partial charge in [-0.15, -0.1) is 0 Å². The predicted octanol–water partition coefficient (Wildman–Crippen LogP) is 5.34. The Morgan fingerprint density at radius 1 is 1.15 bits per heavy atom. The van der Waals surface area contributed by atoms with Crippen molar-refractivity contribution in [2.24, 2.45) is 0 Å². The van der Waals surface area contributed by atoms with E-state index < -0.39 is 5.97 Å². The summed E-state index contributed by atoms with van der Waals surface area (Å²) in [6.07, 6.45) is 5.24. The van der Waals surface area contributed by atoms with Crippen molar-refractivity contribution in [3.05, 3.63) is 59.8 Å². The van der Waals surface area contributed by atoms with E-state index in [0.717, 1.165) is 41.5 Å². The monoisotopic (exact) mass is 369 g/mol. The second-order valence-electron chi connectivity index (χ2n) is 6.55. The number of nitrogens with zero attached hydrogens (tertiary/aromatic N) is 1. The molecule has 1 aliphatic rings. The molecule has 0 amide bonds. The van der Waals surface area contributed by atoms with Crippen molar-refractivity contribution in [2.75, 3.05) is 13.7 Å². The third kappa shape index (κ3) is 3.11. The molecule has 1 unspecified atom stereocenters. The summed E-state index contributed by atoms with van der Waals surface area (Å²) in [5, 5.41) is 0.782. The van der Waals surface area contributed by atoms with Crippen LogP contribution in [0.1, 0.15) is 41.3 Å². The summed E-state index contributed by atoms with van der Waals surface area (Å²) in [7, 11) is 1.37. The summed E-state index contributed by atoms with van der Waals surface area (Å²) in [5.41, 5.74) is 4.58. The molecule has 2 heterocycles. The minimum absolute atomic E-state index is 0.205. The van der Waals surface area contributed by atoms with Gasteiger partial charge < -0.3 is 9.47 Å². The van der Waals surface area contributed by atoms with Crippen LogP contribution in [0.4, 0.5) is 0 Å². The zero-order valence-electron chi connectivity index (χ0n) is 14.6. The Hall–Kier alpha value is -2.30. The van der Waals surface area contributed by atoms with Gasteiger partial charge in [0.1, 0.15) is 0 Å². The van der Waals surface area contributed by atoms with Crippen molar-refractivity contribution >= 4 is 28.6 Å². The van der Waals surface area contributed by atoms with Gasteiger partial charge in [0.05, 0.1) is 24.3 Å². The molecule has 1 aliphatic heterocycles. The molecule has 0 aliphatic carbocycles. The minimum Gasteiger partial charge on any atom is -0.465 e. The molecule has 0 N–H and O–H groups in total. The number of halogens is 1. The maximum absolute atomic E-state index is 12.0. The second kappa shape index (κ2) is 7.14. The summed E-state index contributed by atoms with van der Waals surface area (Å²) in [6, 6.07) is 14.4. The lowest BCUT2D eigenvalue weighted by molar-refractivity contribution is 0.0149. The topological polar surface area (TPSA) is 40.5 Å². The first-order valence-corrected chi connectivity index (χ1v) is 9.12. The third-order valence-electron chi connectivity index (χ3n) is 4.96. The molecule has 1 fully saturated rings. The Labute approximate surface area is 157 Å². The van der Waals surface area contributed by atoms with E-state index >= 15 is 0 Å². The van der Waals surface area contributed by atoms with Gasteiger partial charge in [0.2, 0.25) is 0 Å². The Bertz CT molecular complexity index is 940. The number of rotatable bonds is 3. The van der Waals surface area contributed by atoms with Crippen molar-refractivity contribution in [3.63, 3.8) is 0 Å². The lowest BCUT2D eigenvalue weighted by Crippen LogP contribution is -2.11. The van der Waals surface area contributed by atoms with Gasteiger partial charge in [0, 0.05) is 30.0 Å². The SMILES string of the molecule is COC(=O)c1cn(Cl)c2ccc(-c3ccc(C4CCCCO4)cc3)cc12. The fourth-order valence-electron chi connectivity index (χ4n) is 3.54. The lowest BCUT2D eigenvalue weighted by Gasteiger charge is -2.23. The average molecular weight is 370 g/mol. The Kier molecular flexibility index (Phi) is 4.70. The van der Waals surface area contributed by atoms with Gasteiger partial charge >= 0.3 is 5.97 Å². The van der Waals surface area contributed by atoms with E-state index in [1.807, 2.05) is 18.2 Å². The Morgan fingerprint density at radius 3 is 2.62 bits per heavy atom. The number of hydrogen-bond donors (Lipinski definition) is 0. The fraction of sp³-hybridized carbons (Fsp3) is 0.286. The maximum Gasteiger partial charge on any atom is 0.340 e. The summed E-state index contributed by atoms with van der Waals surface area (Å²) >= 11 is 6.18. The molecule has 2 aromatic carbocycles. The molecule has 1 aromatic heterocycles. The van der Waals surface area contributed by atoms with Crippen LogP contribution in [0.25, 0.3) is 22.0 Å². The minimum atomic E-state index is -0.392. The zero-order chi connectivity index (χ0) is 18.1. The highest BCUT2D eigenvalue weighted by molar-refractivity contribution is 6.21. The van der Waals surface area contributed by atoms with Gasteiger partial charge in [-0.25, -0.2) is 4.79 Å². The predicted molar refractivity (Wildman–Crippen MR) is 103 cm³/mol. The van der Waals surface area contributed by atoms with Crippen molar-refractivity contribution in [1.29, 1.82) is 0 Å². The number of fused-ring (bicyclic) bond motifs is 1. The molecule has 1 saturated heterocycles. The molecule has 3 aromatic rings. The number of aromatic nitrogens is 1. The number of carbonyl (C=O) groups is 1. The van der Waals surface area contributed by atoms with Gasteiger partial charge in [-0.2, -0.15) is 0 Å². The van der Waals surface area contributed by atoms with Crippen molar-refractivity contribution in [2.45, 2.75) is 25.4 Å². The smallest absolute Gasteiger partial charge is 0.340 e. The highest BCUT2D eigenvalue weighted by atomic mass is 35.5. The largest absolute Gasteiger partial charge is 0.465 e. The van der Waals surface area contributed by atoms with Crippen LogP contribution < -0.4 is 0 Å². The molecule has 0 radical (unpaired) electrons. The summed E-state index contributed by atoms with van der Waals surface area (Å²) in [4.78, 5) is 12.0. The number of carbonyl (C=O) groups excluding carboxylic acids is 1. The number of benzene rings is 2. The molecule has 5 heteroatoms. The van der Waals surface area contributed by atoms with Crippen molar-refractivity contribution in [1.82, 2.24) is 4.09 Å². The van der Waals surface area contributed by atoms with E-state index in [1.54, 1.807) is 6.20 Å². The molecule has 4 nitrogen and oxygen atoms in total. The van der Waals surface area contributed by atoms with Crippen LogP contribution in [0.3, 0.4) is 0 Å². The Morgan fingerprint density at radius 2 is 1.92 bits per heavy atom. The van der Waals surface area contributed by atoms with Crippen LogP contribution in [0, 0.1) is 0 Å². The number of hydrogen-bond acceptors (Lipinski definition) is 3. The van der Waals surface area contributed by atoms with Gasteiger partial charge in [-0.05, 0) is 48.1 Å². The van der Waals surface area contributed by atoms with E-state index in [-0.39, 0.29) is 6.10 Å². The van der Waals surface area contributed by atoms with Gasteiger partial charge in [-0.1, -0.05) is 30.3 Å². The zero-order valence-corrected chi connectivity index (χ0v) is 15.3. The van der Waals surface area contributed by atoms with E-state index in [2.05, 4.69) is 24.3 Å². The quantitative estimate of drug-likeness (QED) is 0.585. The highest BCUT2D eigenvalue weighted by Crippen LogP contribution is 2.32. The van der Waals surface area contributed by atoms with Crippen molar-refractivity contribution in [3.8, 4) is 11.1 Å². The van der Waals surface area contributed by atoms with E-state index in [1.165, 1.54) is 23.2 Å². The van der Waals surface area contributed by atoms with Crippen LogP contribution in [0.15, 0.2) is 48.7 Å². The van der Waals surface area contributed by atoms with Crippen LogP contribution in [0.2, 0.25) is 0 Å². The average Bonchev–Trinajstić information content (AvgIpc) is 3.04. The molecule has 4 rings (SSSR count). The first kappa shape index (κ1) is 17.1. The molecular formula is C21H20ClNO3. The van der Waals surface area contributed by atoms with Crippen LogP contribution >= 0.6 is 11.8 Å². The maximum atomic E-state index is 12.0. The first-order chi connectivity index (χ1) is 12.7. The molecule has 134 valence electrons. The standard InChI is InChI=1S/C21H20ClNO3/c1-25-21(24)18-13-23(22)19-10-9-16(12-17(18)19)14-5-7-15(8-6-14)20-4-2-3-11-26-20/h5-10,12-13,20H,2-4,11H2,1H3. The summed E-state index contributed by atoms with van der Waals surface area (Å²) < 4.78 is 12.1. The van der Waals surface area contributed by atoms with Crippen LogP contribution in [-0.4, -0.2) is 23.8 Å². The number of methoxy groups -OCH3 is 1. The van der Waals surface area contributed by atoms with Crippen LogP contribution in [0.5, 0.6) is 0 Å². The third-order valence-corrected chi connectivity index (χ3v) is 5.24. The van der Waals surface area contributed by atoms with Crippen molar-refractivity contribution < 1.29 is 14.3 Å². The van der Waals surface area contributed by atoms with Gasteiger partial charge in [0.15, 0.2) is 0 Å². The van der Waals surface area contributed by atoms with E-state index in [4.69, 9.17) is 21.3 Å². The molecular weight excluding hydrogens is 350 g/mol.